The van der Waals surface area contributed by atoms with E-state index in [1.807, 2.05) is 0 Å². The standard InChI is InChI=1S/C16H24ClF9/c1-2-3-4-5-6-7-8-9-10-12(17)11-13(18,19)14(20,21)15(22,23)16(24,25)26/h12H,2-11H2,1H3. The minimum atomic E-state index is -6.85. The van der Waals surface area contributed by atoms with Crippen LogP contribution in [0, 0.1) is 0 Å². The molecule has 0 aromatic rings. The third-order valence-corrected chi connectivity index (χ3v) is 4.43. The van der Waals surface area contributed by atoms with Crippen molar-refractivity contribution in [3.63, 3.8) is 0 Å². The highest BCUT2D eigenvalue weighted by Gasteiger charge is 2.81. The highest BCUT2D eigenvalue weighted by atomic mass is 35.5. The molecule has 0 amide bonds. The molecule has 0 N–H and O–H groups in total. The second-order valence-corrected chi connectivity index (χ2v) is 7.03. The lowest BCUT2D eigenvalue weighted by Gasteiger charge is -2.34. The van der Waals surface area contributed by atoms with Crippen LogP contribution in [-0.4, -0.2) is 29.3 Å². The lowest BCUT2D eigenvalue weighted by atomic mass is 9.97. The summed E-state index contributed by atoms with van der Waals surface area (Å²) in [6.07, 6.45) is -2.04. The number of hydrogen-bond donors (Lipinski definition) is 0. The van der Waals surface area contributed by atoms with Gasteiger partial charge >= 0.3 is 23.9 Å². The van der Waals surface area contributed by atoms with Crippen molar-refractivity contribution in [3.8, 4) is 0 Å². The molecule has 0 aromatic carbocycles. The Hall–Kier alpha value is -0.340. The summed E-state index contributed by atoms with van der Waals surface area (Å²) in [5.41, 5.74) is 0. The Bertz CT molecular complexity index is 394. The second kappa shape index (κ2) is 10.3. The summed E-state index contributed by atoms with van der Waals surface area (Å²) >= 11 is 5.48. The van der Waals surface area contributed by atoms with Crippen molar-refractivity contribution < 1.29 is 39.5 Å². The molecule has 0 rings (SSSR count). The molecule has 26 heavy (non-hydrogen) atoms. The second-order valence-electron chi connectivity index (χ2n) is 6.42. The predicted molar refractivity (Wildman–Crippen MR) is 82.4 cm³/mol. The molecule has 0 aromatic heterocycles. The SMILES string of the molecule is CCCCCCCCCCC(Cl)CC(F)(F)C(F)(F)C(F)(F)C(F)(F)F. The van der Waals surface area contributed by atoms with Crippen molar-refractivity contribution in [3.05, 3.63) is 0 Å². The average molecular weight is 423 g/mol. The van der Waals surface area contributed by atoms with Crippen LogP contribution in [0.2, 0.25) is 0 Å². The fourth-order valence-electron chi connectivity index (χ4n) is 2.42. The molecule has 0 bridgehead atoms. The third-order valence-electron chi connectivity index (χ3n) is 4.06. The van der Waals surface area contributed by atoms with Crippen LogP contribution in [0.5, 0.6) is 0 Å². The highest BCUT2D eigenvalue weighted by Crippen LogP contribution is 2.54. The zero-order chi connectivity index (χ0) is 20.6. The van der Waals surface area contributed by atoms with Gasteiger partial charge in [-0.25, -0.2) is 0 Å². The molecule has 0 saturated carbocycles. The normalized spacial score (nSPS) is 15.3. The first kappa shape index (κ1) is 25.7. The Morgan fingerprint density at radius 3 is 1.50 bits per heavy atom. The van der Waals surface area contributed by atoms with E-state index in [4.69, 9.17) is 11.6 Å². The molecule has 1 unspecified atom stereocenters. The van der Waals surface area contributed by atoms with Gasteiger partial charge in [0.05, 0.1) is 0 Å². The monoisotopic (exact) mass is 422 g/mol. The van der Waals surface area contributed by atoms with Crippen molar-refractivity contribution >= 4 is 11.6 Å². The summed E-state index contributed by atoms with van der Waals surface area (Å²) in [4.78, 5) is 0. The molecule has 0 fully saturated rings. The fourth-order valence-corrected chi connectivity index (χ4v) is 2.76. The van der Waals surface area contributed by atoms with Crippen LogP contribution >= 0.6 is 11.6 Å². The largest absolute Gasteiger partial charge is 0.460 e. The average Bonchev–Trinajstić information content (AvgIpc) is 2.48. The first-order valence-electron chi connectivity index (χ1n) is 8.55. The van der Waals surface area contributed by atoms with E-state index < -0.39 is 35.7 Å². The maximum Gasteiger partial charge on any atom is 0.460 e. The third kappa shape index (κ3) is 7.00. The summed E-state index contributed by atoms with van der Waals surface area (Å²) in [6, 6.07) is 0. The van der Waals surface area contributed by atoms with Gasteiger partial charge < -0.3 is 0 Å². The van der Waals surface area contributed by atoms with Crippen molar-refractivity contribution in [2.45, 2.75) is 100 Å². The molecule has 0 saturated heterocycles. The van der Waals surface area contributed by atoms with E-state index in [-0.39, 0.29) is 6.42 Å². The Labute approximate surface area is 152 Å². The molecular weight excluding hydrogens is 399 g/mol. The summed E-state index contributed by atoms with van der Waals surface area (Å²) in [7, 11) is 0. The minimum absolute atomic E-state index is 0.167. The number of unbranched alkanes of at least 4 members (excludes halogenated alkanes) is 7. The van der Waals surface area contributed by atoms with Gasteiger partial charge in [0.25, 0.3) is 0 Å². The molecule has 0 aliphatic carbocycles. The van der Waals surface area contributed by atoms with Crippen molar-refractivity contribution in [1.82, 2.24) is 0 Å². The van der Waals surface area contributed by atoms with Crippen LogP contribution in [0.25, 0.3) is 0 Å². The Balaban J connectivity index is 4.43. The maximum atomic E-state index is 13.4. The van der Waals surface area contributed by atoms with Gasteiger partial charge in [-0.05, 0) is 6.42 Å². The molecule has 0 aliphatic heterocycles. The van der Waals surface area contributed by atoms with Gasteiger partial charge in [-0.3, -0.25) is 0 Å². The zero-order valence-corrected chi connectivity index (χ0v) is 15.2. The summed E-state index contributed by atoms with van der Waals surface area (Å²) in [5, 5.41) is -1.62. The zero-order valence-electron chi connectivity index (χ0n) is 14.4. The molecule has 0 radical (unpaired) electrons. The lowest BCUT2D eigenvalue weighted by Crippen LogP contribution is -2.61. The lowest BCUT2D eigenvalue weighted by molar-refractivity contribution is -0.396. The van der Waals surface area contributed by atoms with Crippen LogP contribution in [0.1, 0.15) is 71.1 Å². The summed E-state index contributed by atoms with van der Waals surface area (Å²) in [5.74, 6) is -19.0. The van der Waals surface area contributed by atoms with E-state index in [0.717, 1.165) is 38.5 Å². The molecule has 0 heterocycles. The van der Waals surface area contributed by atoms with Gasteiger partial charge in [0.2, 0.25) is 0 Å². The Kier molecular flexibility index (Phi) is 10.1. The van der Waals surface area contributed by atoms with E-state index in [2.05, 4.69) is 6.92 Å². The molecular formula is C16H24ClF9. The van der Waals surface area contributed by atoms with Gasteiger partial charge in [-0.2, -0.15) is 39.5 Å². The number of halogens is 10. The van der Waals surface area contributed by atoms with Crippen LogP contribution in [0.15, 0.2) is 0 Å². The smallest absolute Gasteiger partial charge is 0.200 e. The van der Waals surface area contributed by atoms with Crippen LogP contribution in [0.4, 0.5) is 39.5 Å². The van der Waals surface area contributed by atoms with Gasteiger partial charge in [0.15, 0.2) is 0 Å². The van der Waals surface area contributed by atoms with Crippen LogP contribution in [0.3, 0.4) is 0 Å². The summed E-state index contributed by atoms with van der Waals surface area (Å²) in [6.45, 7) is 2.06. The van der Waals surface area contributed by atoms with Crippen LogP contribution in [-0.2, 0) is 0 Å². The van der Waals surface area contributed by atoms with E-state index >= 15 is 0 Å². The maximum absolute atomic E-state index is 13.4. The van der Waals surface area contributed by atoms with Gasteiger partial charge in [-0.15, -0.1) is 11.6 Å². The summed E-state index contributed by atoms with van der Waals surface area (Å²) < 4.78 is 115. The van der Waals surface area contributed by atoms with E-state index in [0.29, 0.717) is 12.8 Å². The molecule has 0 spiro atoms. The van der Waals surface area contributed by atoms with E-state index in [1.165, 1.54) is 0 Å². The molecule has 158 valence electrons. The van der Waals surface area contributed by atoms with Gasteiger partial charge in [0.1, 0.15) is 0 Å². The van der Waals surface area contributed by atoms with E-state index in [9.17, 15) is 39.5 Å². The Morgan fingerprint density at radius 2 is 1.08 bits per heavy atom. The topological polar surface area (TPSA) is 0 Å². The minimum Gasteiger partial charge on any atom is -0.200 e. The number of hydrogen-bond acceptors (Lipinski definition) is 0. The quantitative estimate of drug-likeness (QED) is 0.160. The van der Waals surface area contributed by atoms with Crippen molar-refractivity contribution in [2.75, 3.05) is 0 Å². The molecule has 0 nitrogen and oxygen atoms in total. The first-order valence-corrected chi connectivity index (χ1v) is 8.98. The first-order chi connectivity index (χ1) is 11.7. The van der Waals surface area contributed by atoms with Gasteiger partial charge in [0, 0.05) is 11.8 Å². The van der Waals surface area contributed by atoms with Crippen molar-refractivity contribution in [1.29, 1.82) is 0 Å². The highest BCUT2D eigenvalue weighted by molar-refractivity contribution is 6.20. The molecule has 1 atom stereocenters. The number of rotatable bonds is 13. The fraction of sp³-hybridized carbons (Fsp3) is 1.00. The van der Waals surface area contributed by atoms with Crippen molar-refractivity contribution in [2.24, 2.45) is 0 Å². The Morgan fingerprint density at radius 1 is 0.654 bits per heavy atom. The molecule has 10 heteroatoms. The molecule has 0 aliphatic rings. The predicted octanol–water partition coefficient (Wildman–Crippen LogP) is 7.98. The van der Waals surface area contributed by atoms with E-state index in [1.54, 1.807) is 0 Å². The van der Waals surface area contributed by atoms with Crippen LogP contribution < -0.4 is 0 Å². The number of alkyl halides is 10. The van der Waals surface area contributed by atoms with Gasteiger partial charge in [-0.1, -0.05) is 58.3 Å².